The van der Waals surface area contributed by atoms with Gasteiger partial charge in [-0.15, -0.1) is 11.8 Å². The molecule has 1 N–H and O–H groups in total. The summed E-state index contributed by atoms with van der Waals surface area (Å²) in [5.74, 6) is -0.839. The lowest BCUT2D eigenvalue weighted by atomic mass is 9.68. The van der Waals surface area contributed by atoms with E-state index in [-0.39, 0.29) is 58.8 Å². The summed E-state index contributed by atoms with van der Waals surface area (Å²) in [4.78, 5) is 56.3. The summed E-state index contributed by atoms with van der Waals surface area (Å²) in [6.45, 7) is 1.56. The van der Waals surface area contributed by atoms with Crippen molar-refractivity contribution in [3.63, 3.8) is 0 Å². The maximum absolute atomic E-state index is 13.5. The van der Waals surface area contributed by atoms with E-state index >= 15 is 0 Å². The zero-order valence-electron chi connectivity index (χ0n) is 20.0. The summed E-state index contributed by atoms with van der Waals surface area (Å²) in [5, 5.41) is 0.918. The van der Waals surface area contributed by atoms with Crippen LogP contribution in [-0.4, -0.2) is 60.3 Å². The number of ether oxygens (including phenoxy) is 3. The first kappa shape index (κ1) is 23.6. The average Bonchev–Trinajstić information content (AvgIpc) is 3.59. The minimum Gasteiger partial charge on any atom is -0.493 e. The Morgan fingerprint density at radius 3 is 2.50 bits per heavy atom. The Kier molecular flexibility index (Phi) is 5.67. The first-order valence-corrected chi connectivity index (χ1v) is 13.7. The number of hydrogen-bond acceptors (Lipinski definition) is 9. The molecule has 2 aromatic rings. The fourth-order valence-electron chi connectivity index (χ4n) is 6.99. The number of fused-ring (bicyclic) bond motifs is 9. The number of H-pyrrole nitrogens is 1. The highest BCUT2D eigenvalue weighted by molar-refractivity contribution is 8.00. The standard InChI is InChI=1S/C25H26N2O7S2/c1-4-34-15(28)9-27-23(29)18-11-8-12(19(18)24(27)30)20-17(11)16(21-22(35-20)26-25(31)36-21)10-5-6-13(32-2)14(7-10)33-3/h5-7,11-12,16-20H,4,8-9H2,1-3H3,(H,26,31)/t11-,12-,16+,17-,18+,19-,20+/m1/s1. The number of methoxy groups -OCH3 is 2. The van der Waals surface area contributed by atoms with E-state index in [1.807, 2.05) is 18.2 Å². The predicted molar refractivity (Wildman–Crippen MR) is 131 cm³/mol. The van der Waals surface area contributed by atoms with Gasteiger partial charge in [-0.05, 0) is 48.8 Å². The number of rotatable bonds is 6. The number of esters is 1. The number of carbonyl (C=O) groups is 3. The Hall–Kier alpha value is -2.79. The van der Waals surface area contributed by atoms with E-state index in [1.54, 1.807) is 32.9 Å². The highest BCUT2D eigenvalue weighted by atomic mass is 32.2. The quantitative estimate of drug-likeness (QED) is 0.448. The number of imide groups is 1. The lowest BCUT2D eigenvalue weighted by Crippen LogP contribution is -2.42. The molecule has 2 saturated carbocycles. The summed E-state index contributed by atoms with van der Waals surface area (Å²) < 4.78 is 16.0. The van der Waals surface area contributed by atoms with Crippen LogP contribution in [0.25, 0.3) is 0 Å². The van der Waals surface area contributed by atoms with Crippen LogP contribution in [0.1, 0.15) is 29.7 Å². The third-order valence-corrected chi connectivity index (χ3v) is 10.8. The second-order valence-corrected chi connectivity index (χ2v) is 11.8. The first-order valence-electron chi connectivity index (χ1n) is 12.0. The fourth-order valence-corrected chi connectivity index (χ4v) is 9.88. The van der Waals surface area contributed by atoms with Gasteiger partial charge in [0.15, 0.2) is 11.5 Å². The van der Waals surface area contributed by atoms with Crippen LogP contribution in [-0.2, 0) is 19.1 Å². The minimum absolute atomic E-state index is 0.00200. The topological polar surface area (TPSA) is 115 Å². The van der Waals surface area contributed by atoms with Crippen molar-refractivity contribution in [2.24, 2.45) is 29.6 Å². The molecule has 7 atom stereocenters. The van der Waals surface area contributed by atoms with E-state index in [0.717, 1.165) is 26.8 Å². The molecule has 11 heteroatoms. The Balaban J connectivity index is 1.41. The summed E-state index contributed by atoms with van der Waals surface area (Å²) in [6.07, 6.45) is 0.783. The van der Waals surface area contributed by atoms with Crippen LogP contribution in [0, 0.1) is 29.6 Å². The lowest BCUT2D eigenvalue weighted by Gasteiger charge is -2.43. The van der Waals surface area contributed by atoms with Gasteiger partial charge in [0.05, 0.1) is 37.7 Å². The van der Waals surface area contributed by atoms with Gasteiger partial charge in [-0.1, -0.05) is 17.4 Å². The zero-order valence-corrected chi connectivity index (χ0v) is 21.6. The SMILES string of the molecule is CCOC(=O)CN1C(=O)[C@@H]2[C@H]3C[C@@H]([C@@H]2C1=O)[C@@H]1[C@H](c2ccc(OC)c(OC)c2)c2sc(=O)[nH]c2S[C@@H]31. The van der Waals surface area contributed by atoms with Gasteiger partial charge in [0, 0.05) is 16.0 Å². The Morgan fingerprint density at radius 1 is 1.08 bits per heavy atom. The smallest absolute Gasteiger partial charge is 0.326 e. The molecular formula is C25H26N2O7S2. The van der Waals surface area contributed by atoms with Crippen molar-refractivity contribution in [3.8, 4) is 11.5 Å². The lowest BCUT2D eigenvalue weighted by molar-refractivity contribution is -0.153. The number of benzene rings is 1. The average molecular weight is 531 g/mol. The number of nitrogens with zero attached hydrogens (tertiary/aromatic N) is 1. The van der Waals surface area contributed by atoms with E-state index in [4.69, 9.17) is 14.2 Å². The highest BCUT2D eigenvalue weighted by Crippen LogP contribution is 2.68. The second kappa shape index (κ2) is 8.65. The van der Waals surface area contributed by atoms with Crippen molar-refractivity contribution in [1.29, 1.82) is 0 Å². The monoisotopic (exact) mass is 530 g/mol. The van der Waals surface area contributed by atoms with Gasteiger partial charge in [0.2, 0.25) is 11.8 Å². The number of hydrogen-bond donors (Lipinski definition) is 1. The molecule has 0 radical (unpaired) electrons. The van der Waals surface area contributed by atoms with E-state index < -0.39 is 17.8 Å². The Labute approximate surface area is 215 Å². The summed E-state index contributed by atoms with van der Waals surface area (Å²) in [5.41, 5.74) is 0.990. The van der Waals surface area contributed by atoms with Crippen LogP contribution in [0.3, 0.4) is 0 Å². The molecule has 36 heavy (non-hydrogen) atoms. The fraction of sp³-hybridized carbons (Fsp3) is 0.520. The predicted octanol–water partition coefficient (Wildman–Crippen LogP) is 2.49. The van der Waals surface area contributed by atoms with Crippen molar-refractivity contribution in [3.05, 3.63) is 38.3 Å². The molecular weight excluding hydrogens is 504 g/mol. The Morgan fingerprint density at radius 2 is 1.81 bits per heavy atom. The van der Waals surface area contributed by atoms with Gasteiger partial charge in [0.1, 0.15) is 6.54 Å². The van der Waals surface area contributed by atoms with Crippen LogP contribution in [0.2, 0.25) is 0 Å². The second-order valence-electron chi connectivity index (χ2n) is 9.64. The maximum Gasteiger partial charge on any atom is 0.326 e. The van der Waals surface area contributed by atoms with Gasteiger partial charge in [-0.2, -0.15) is 0 Å². The number of likely N-dealkylation sites (tertiary alicyclic amines) is 1. The molecule has 0 unspecified atom stereocenters. The summed E-state index contributed by atoms with van der Waals surface area (Å²) in [6, 6.07) is 5.80. The Bertz CT molecular complexity index is 1320. The van der Waals surface area contributed by atoms with Gasteiger partial charge >= 0.3 is 10.8 Å². The molecule has 1 saturated heterocycles. The summed E-state index contributed by atoms with van der Waals surface area (Å²) >= 11 is 2.83. The molecule has 3 heterocycles. The third kappa shape index (κ3) is 3.28. The van der Waals surface area contributed by atoms with Crippen molar-refractivity contribution in [1.82, 2.24) is 9.88 Å². The van der Waals surface area contributed by atoms with E-state index in [9.17, 15) is 19.2 Å². The molecule has 4 aliphatic rings. The van der Waals surface area contributed by atoms with Crippen LogP contribution in [0.5, 0.6) is 11.5 Å². The summed E-state index contributed by atoms with van der Waals surface area (Å²) in [7, 11) is 3.17. The number of nitrogens with one attached hydrogen (secondary N) is 1. The number of aromatic nitrogens is 1. The van der Waals surface area contributed by atoms with Crippen molar-refractivity contribution in [2.75, 3.05) is 27.4 Å². The van der Waals surface area contributed by atoms with Gasteiger partial charge in [-0.25, -0.2) is 0 Å². The van der Waals surface area contributed by atoms with Crippen molar-refractivity contribution >= 4 is 40.9 Å². The number of aromatic amines is 1. The molecule has 2 aliphatic heterocycles. The van der Waals surface area contributed by atoms with Crippen molar-refractivity contribution < 1.29 is 28.6 Å². The van der Waals surface area contributed by atoms with E-state index in [2.05, 4.69) is 4.98 Å². The molecule has 2 bridgehead atoms. The van der Waals surface area contributed by atoms with Crippen LogP contribution in [0.15, 0.2) is 28.0 Å². The molecule has 3 fully saturated rings. The molecule has 1 aromatic heterocycles. The first-order chi connectivity index (χ1) is 17.4. The molecule has 0 spiro atoms. The van der Waals surface area contributed by atoms with Gasteiger partial charge < -0.3 is 19.2 Å². The number of thioether (sulfide) groups is 1. The maximum atomic E-state index is 13.5. The molecule has 2 amide bonds. The van der Waals surface area contributed by atoms with E-state index in [1.165, 1.54) is 11.3 Å². The molecule has 6 rings (SSSR count). The molecule has 2 aliphatic carbocycles. The third-order valence-electron chi connectivity index (χ3n) is 8.17. The van der Waals surface area contributed by atoms with Crippen molar-refractivity contribution in [2.45, 2.75) is 29.5 Å². The van der Waals surface area contributed by atoms with Crippen LogP contribution >= 0.6 is 23.1 Å². The molecule has 9 nitrogen and oxygen atoms in total. The van der Waals surface area contributed by atoms with Crippen LogP contribution < -0.4 is 14.3 Å². The highest BCUT2D eigenvalue weighted by Gasteiger charge is 2.69. The van der Waals surface area contributed by atoms with Gasteiger partial charge in [-0.3, -0.25) is 24.1 Å². The number of carbonyl (C=O) groups excluding carboxylic acids is 3. The van der Waals surface area contributed by atoms with Crippen LogP contribution in [0.4, 0.5) is 0 Å². The minimum atomic E-state index is -0.568. The largest absolute Gasteiger partial charge is 0.493 e. The zero-order chi connectivity index (χ0) is 25.3. The number of thiazole rings is 1. The number of amides is 2. The van der Waals surface area contributed by atoms with E-state index in [0.29, 0.717) is 11.5 Å². The molecule has 190 valence electrons. The van der Waals surface area contributed by atoms with Gasteiger partial charge in [0.25, 0.3) is 0 Å². The molecule has 1 aromatic carbocycles. The normalized spacial score (nSPS) is 31.8.